The van der Waals surface area contributed by atoms with Crippen molar-refractivity contribution in [1.29, 1.82) is 0 Å². The second kappa shape index (κ2) is 9.33. The molecule has 1 amide bonds. The molecule has 1 saturated heterocycles. The number of rotatable bonds is 6. The first-order valence-electron chi connectivity index (χ1n) is 7.75. The van der Waals surface area contributed by atoms with Gasteiger partial charge in [0.1, 0.15) is 0 Å². The maximum Gasteiger partial charge on any atom is 0.307 e. The van der Waals surface area contributed by atoms with Crippen LogP contribution in [-0.2, 0) is 11.3 Å². The molecule has 1 aliphatic heterocycles. The standard InChI is InChI=1S/C15H25N3O2S.ClH/c1-3-16-10-13-4-7-17(8-5-13)14(19)6-9-18-12(2)11-21-15(18)20;/h11,13,16H,3-10H2,1-2H3;1H. The lowest BCUT2D eigenvalue weighted by Gasteiger charge is -2.32. The van der Waals surface area contributed by atoms with E-state index in [2.05, 4.69) is 12.2 Å². The average molecular weight is 348 g/mol. The van der Waals surface area contributed by atoms with Gasteiger partial charge in [-0.05, 0) is 38.8 Å². The third-order valence-corrected chi connectivity index (χ3v) is 5.06. The second-order valence-electron chi connectivity index (χ2n) is 5.68. The Kier molecular flexibility index (Phi) is 8.14. The Hall–Kier alpha value is -0.850. The molecule has 1 N–H and O–H groups in total. The zero-order chi connectivity index (χ0) is 15.2. The highest BCUT2D eigenvalue weighted by atomic mass is 35.5. The molecule has 2 heterocycles. The highest BCUT2D eigenvalue weighted by Crippen LogP contribution is 2.17. The molecule has 0 spiro atoms. The van der Waals surface area contributed by atoms with E-state index < -0.39 is 0 Å². The Labute approximate surface area is 142 Å². The number of thiazole rings is 1. The van der Waals surface area contributed by atoms with Gasteiger partial charge in [-0.2, -0.15) is 0 Å². The summed E-state index contributed by atoms with van der Waals surface area (Å²) in [5.74, 6) is 0.866. The highest BCUT2D eigenvalue weighted by molar-refractivity contribution is 7.07. The van der Waals surface area contributed by atoms with Crippen molar-refractivity contribution in [2.24, 2.45) is 5.92 Å². The van der Waals surface area contributed by atoms with Gasteiger partial charge >= 0.3 is 4.87 Å². The summed E-state index contributed by atoms with van der Waals surface area (Å²) in [4.78, 5) is 25.8. The van der Waals surface area contributed by atoms with Crippen LogP contribution in [0.15, 0.2) is 10.2 Å². The molecule has 7 heteroatoms. The van der Waals surface area contributed by atoms with Crippen LogP contribution in [0.5, 0.6) is 0 Å². The van der Waals surface area contributed by atoms with Gasteiger partial charge in [0.25, 0.3) is 0 Å². The van der Waals surface area contributed by atoms with Crippen LogP contribution >= 0.6 is 23.7 Å². The minimum Gasteiger partial charge on any atom is -0.343 e. The average Bonchev–Trinajstić information content (AvgIpc) is 2.82. The number of amides is 1. The summed E-state index contributed by atoms with van der Waals surface area (Å²) in [6.07, 6.45) is 2.59. The van der Waals surface area contributed by atoms with E-state index in [0.717, 1.165) is 44.7 Å². The van der Waals surface area contributed by atoms with E-state index in [1.807, 2.05) is 17.2 Å². The van der Waals surface area contributed by atoms with Gasteiger partial charge in [0.15, 0.2) is 0 Å². The summed E-state index contributed by atoms with van der Waals surface area (Å²) in [5, 5.41) is 5.22. The summed E-state index contributed by atoms with van der Waals surface area (Å²) in [5.41, 5.74) is 0.946. The molecule has 0 atom stereocenters. The fourth-order valence-corrected chi connectivity index (χ4v) is 3.54. The number of nitrogens with one attached hydrogen (secondary N) is 1. The van der Waals surface area contributed by atoms with Crippen LogP contribution in [0.25, 0.3) is 0 Å². The van der Waals surface area contributed by atoms with E-state index in [4.69, 9.17) is 0 Å². The van der Waals surface area contributed by atoms with E-state index in [1.54, 1.807) is 4.57 Å². The van der Waals surface area contributed by atoms with Crippen LogP contribution in [0, 0.1) is 12.8 Å². The number of aromatic nitrogens is 1. The molecule has 126 valence electrons. The molecule has 0 bridgehead atoms. The predicted octanol–water partition coefficient (Wildman–Crippen LogP) is 1.88. The molecule has 0 saturated carbocycles. The zero-order valence-corrected chi connectivity index (χ0v) is 15.0. The van der Waals surface area contributed by atoms with E-state index in [0.29, 0.717) is 18.9 Å². The summed E-state index contributed by atoms with van der Waals surface area (Å²) < 4.78 is 1.69. The molecule has 0 aliphatic carbocycles. The molecular weight excluding hydrogens is 322 g/mol. The number of hydrogen-bond donors (Lipinski definition) is 1. The molecule has 0 unspecified atom stereocenters. The fourth-order valence-electron chi connectivity index (χ4n) is 2.78. The molecular formula is C15H26ClN3O2S. The molecule has 1 aromatic heterocycles. The molecule has 0 aromatic carbocycles. The largest absolute Gasteiger partial charge is 0.343 e. The predicted molar refractivity (Wildman–Crippen MR) is 93.0 cm³/mol. The van der Waals surface area contributed by atoms with Crippen LogP contribution in [0.3, 0.4) is 0 Å². The molecule has 2 rings (SSSR count). The lowest BCUT2D eigenvalue weighted by Crippen LogP contribution is -2.41. The summed E-state index contributed by atoms with van der Waals surface area (Å²) >= 11 is 1.20. The van der Waals surface area contributed by atoms with Gasteiger partial charge in [0.2, 0.25) is 5.91 Å². The Morgan fingerprint density at radius 1 is 1.41 bits per heavy atom. The van der Waals surface area contributed by atoms with Gasteiger partial charge < -0.3 is 14.8 Å². The molecule has 1 fully saturated rings. The number of nitrogens with zero attached hydrogens (tertiary/aromatic N) is 2. The number of likely N-dealkylation sites (tertiary alicyclic amines) is 1. The highest BCUT2D eigenvalue weighted by Gasteiger charge is 2.22. The fraction of sp³-hybridized carbons (Fsp3) is 0.733. The number of piperidine rings is 1. The number of carbonyl (C=O) groups is 1. The van der Waals surface area contributed by atoms with E-state index >= 15 is 0 Å². The first-order chi connectivity index (χ1) is 10.1. The number of aryl methyl sites for hydroxylation is 1. The molecule has 22 heavy (non-hydrogen) atoms. The van der Waals surface area contributed by atoms with Crippen LogP contribution in [0.2, 0.25) is 0 Å². The SMILES string of the molecule is CCNCC1CCN(C(=O)CCn2c(C)csc2=O)CC1.Cl. The smallest absolute Gasteiger partial charge is 0.307 e. The van der Waals surface area contributed by atoms with Crippen LogP contribution in [-0.4, -0.2) is 41.6 Å². The van der Waals surface area contributed by atoms with Crippen molar-refractivity contribution in [3.63, 3.8) is 0 Å². The van der Waals surface area contributed by atoms with Gasteiger partial charge in [0, 0.05) is 37.1 Å². The van der Waals surface area contributed by atoms with Crippen LogP contribution < -0.4 is 10.2 Å². The van der Waals surface area contributed by atoms with E-state index in [9.17, 15) is 9.59 Å². The quantitative estimate of drug-likeness (QED) is 0.854. The molecule has 5 nitrogen and oxygen atoms in total. The lowest BCUT2D eigenvalue weighted by molar-refractivity contribution is -0.132. The Bertz CT molecular complexity index is 521. The van der Waals surface area contributed by atoms with Gasteiger partial charge in [-0.25, -0.2) is 0 Å². The van der Waals surface area contributed by atoms with Gasteiger partial charge in [-0.15, -0.1) is 12.4 Å². The summed E-state index contributed by atoms with van der Waals surface area (Å²) in [6, 6.07) is 0. The topological polar surface area (TPSA) is 54.3 Å². The van der Waals surface area contributed by atoms with Crippen LogP contribution in [0.4, 0.5) is 0 Å². The van der Waals surface area contributed by atoms with Gasteiger partial charge in [0.05, 0.1) is 0 Å². The van der Waals surface area contributed by atoms with Crippen molar-refractivity contribution in [2.75, 3.05) is 26.2 Å². The minimum atomic E-state index is 0. The van der Waals surface area contributed by atoms with Crippen molar-refractivity contribution >= 4 is 29.7 Å². The molecule has 1 aromatic rings. The first-order valence-corrected chi connectivity index (χ1v) is 8.63. The number of carbonyl (C=O) groups excluding carboxylic acids is 1. The van der Waals surface area contributed by atoms with E-state index in [1.165, 1.54) is 11.3 Å². The van der Waals surface area contributed by atoms with Crippen molar-refractivity contribution in [3.8, 4) is 0 Å². The summed E-state index contributed by atoms with van der Waals surface area (Å²) in [6.45, 7) is 8.31. The summed E-state index contributed by atoms with van der Waals surface area (Å²) in [7, 11) is 0. The Morgan fingerprint density at radius 3 is 2.64 bits per heavy atom. The Balaban J connectivity index is 0.00000242. The van der Waals surface area contributed by atoms with Gasteiger partial charge in [-0.1, -0.05) is 18.3 Å². The molecule has 0 radical (unpaired) electrons. The molecule has 1 aliphatic rings. The zero-order valence-electron chi connectivity index (χ0n) is 13.3. The Morgan fingerprint density at radius 2 is 2.09 bits per heavy atom. The monoisotopic (exact) mass is 347 g/mol. The van der Waals surface area contributed by atoms with E-state index in [-0.39, 0.29) is 23.2 Å². The van der Waals surface area contributed by atoms with Gasteiger partial charge in [-0.3, -0.25) is 9.59 Å². The second-order valence-corrected chi connectivity index (χ2v) is 6.50. The normalized spacial score (nSPS) is 15.6. The lowest BCUT2D eigenvalue weighted by atomic mass is 9.96. The van der Waals surface area contributed by atoms with Crippen molar-refractivity contribution in [1.82, 2.24) is 14.8 Å². The third kappa shape index (κ3) is 5.11. The minimum absolute atomic E-state index is 0. The van der Waals surface area contributed by atoms with Crippen LogP contribution in [0.1, 0.15) is 31.9 Å². The maximum atomic E-state index is 12.2. The maximum absolute atomic E-state index is 12.2. The number of hydrogen-bond acceptors (Lipinski definition) is 4. The third-order valence-electron chi connectivity index (χ3n) is 4.18. The van der Waals surface area contributed by atoms with Crippen molar-refractivity contribution in [2.45, 2.75) is 39.7 Å². The van der Waals surface area contributed by atoms with Crippen molar-refractivity contribution in [3.05, 3.63) is 20.7 Å². The van der Waals surface area contributed by atoms with Crippen molar-refractivity contribution < 1.29 is 4.79 Å². The first kappa shape index (κ1) is 19.2. The number of halogens is 1.